The molecule has 12 heavy (non-hydrogen) atoms. The fourth-order valence-corrected chi connectivity index (χ4v) is 1.22. The van der Waals surface area contributed by atoms with Crippen molar-refractivity contribution in [2.45, 2.75) is 52.9 Å². The van der Waals surface area contributed by atoms with Crippen LogP contribution < -0.4 is 5.73 Å². The van der Waals surface area contributed by atoms with Gasteiger partial charge in [-0.05, 0) is 6.42 Å². The van der Waals surface area contributed by atoms with Crippen LogP contribution in [-0.2, 0) is 0 Å². The summed E-state index contributed by atoms with van der Waals surface area (Å²) in [6.07, 6.45) is 6.30. The molecular formula is C10H21NS. The molecule has 2 heteroatoms. The zero-order valence-electron chi connectivity index (χ0n) is 8.52. The van der Waals surface area contributed by atoms with E-state index in [0.29, 0.717) is 4.99 Å². The van der Waals surface area contributed by atoms with Crippen LogP contribution >= 0.6 is 12.2 Å². The average molecular weight is 187 g/mol. The number of rotatable bonds is 6. The Morgan fingerprint density at radius 3 is 2.25 bits per heavy atom. The number of nitrogens with two attached hydrogens (primary N) is 1. The van der Waals surface area contributed by atoms with Crippen LogP contribution in [0, 0.1) is 5.41 Å². The topological polar surface area (TPSA) is 26.0 Å². The van der Waals surface area contributed by atoms with Crippen molar-refractivity contribution in [2.75, 3.05) is 0 Å². The molecule has 0 rings (SSSR count). The van der Waals surface area contributed by atoms with E-state index in [2.05, 4.69) is 20.8 Å². The molecule has 0 aromatic heterocycles. The predicted molar refractivity (Wildman–Crippen MR) is 59.3 cm³/mol. The van der Waals surface area contributed by atoms with E-state index in [9.17, 15) is 0 Å². The normalized spacial score (nSPS) is 11.6. The zero-order chi connectivity index (χ0) is 9.61. The van der Waals surface area contributed by atoms with Gasteiger partial charge in [-0.15, -0.1) is 0 Å². The molecule has 0 atom stereocenters. The molecule has 2 N–H and O–H groups in total. The number of hydrogen-bond donors (Lipinski definition) is 1. The maximum atomic E-state index is 5.62. The molecule has 72 valence electrons. The Bertz CT molecular complexity index is 141. The molecular weight excluding hydrogens is 166 g/mol. The molecule has 0 aliphatic heterocycles. The van der Waals surface area contributed by atoms with Gasteiger partial charge in [-0.2, -0.15) is 0 Å². The summed E-state index contributed by atoms with van der Waals surface area (Å²) in [5, 5.41) is 0. The maximum absolute atomic E-state index is 5.62. The summed E-state index contributed by atoms with van der Waals surface area (Å²) >= 11 is 4.99. The SMILES string of the molecule is CCCCCCC(C)(C)C(N)=S. The van der Waals surface area contributed by atoms with Crippen molar-refractivity contribution in [3.63, 3.8) is 0 Å². The van der Waals surface area contributed by atoms with Crippen LogP contribution in [0.5, 0.6) is 0 Å². The van der Waals surface area contributed by atoms with E-state index in [0.717, 1.165) is 6.42 Å². The molecule has 0 fully saturated rings. The molecule has 0 spiro atoms. The van der Waals surface area contributed by atoms with Crippen molar-refractivity contribution in [1.29, 1.82) is 0 Å². The Morgan fingerprint density at radius 2 is 1.83 bits per heavy atom. The smallest absolute Gasteiger partial charge is 0.0784 e. The van der Waals surface area contributed by atoms with Crippen LogP contribution in [0.3, 0.4) is 0 Å². The standard InChI is InChI=1S/C10H21NS/c1-4-5-6-7-8-10(2,3)9(11)12/h4-8H2,1-3H3,(H2,11,12). The Balaban J connectivity index is 3.54. The van der Waals surface area contributed by atoms with Crippen molar-refractivity contribution in [2.24, 2.45) is 11.1 Å². The lowest BCUT2D eigenvalue weighted by atomic mass is 9.87. The third-order valence-corrected chi connectivity index (χ3v) is 2.87. The van der Waals surface area contributed by atoms with Gasteiger partial charge in [0.1, 0.15) is 0 Å². The minimum Gasteiger partial charge on any atom is -0.393 e. The molecule has 0 aromatic carbocycles. The molecule has 0 saturated heterocycles. The Morgan fingerprint density at radius 1 is 1.25 bits per heavy atom. The second-order valence-corrected chi connectivity index (χ2v) is 4.50. The first-order chi connectivity index (χ1) is 5.50. The maximum Gasteiger partial charge on any atom is 0.0784 e. The second-order valence-electron chi connectivity index (χ2n) is 4.06. The van der Waals surface area contributed by atoms with Crippen LogP contribution in [0.4, 0.5) is 0 Å². The predicted octanol–water partition coefficient (Wildman–Crippen LogP) is 3.27. The van der Waals surface area contributed by atoms with Crippen molar-refractivity contribution in [1.82, 2.24) is 0 Å². The lowest BCUT2D eigenvalue weighted by Crippen LogP contribution is -2.29. The molecule has 0 aromatic rings. The quantitative estimate of drug-likeness (QED) is 0.510. The van der Waals surface area contributed by atoms with Crippen molar-refractivity contribution in [3.05, 3.63) is 0 Å². The minimum absolute atomic E-state index is 0.0586. The van der Waals surface area contributed by atoms with Crippen LogP contribution in [-0.4, -0.2) is 4.99 Å². The lowest BCUT2D eigenvalue weighted by Gasteiger charge is -2.22. The van der Waals surface area contributed by atoms with Gasteiger partial charge in [0.2, 0.25) is 0 Å². The van der Waals surface area contributed by atoms with Crippen molar-refractivity contribution in [3.8, 4) is 0 Å². The number of unbranched alkanes of at least 4 members (excludes halogenated alkanes) is 3. The fraction of sp³-hybridized carbons (Fsp3) is 0.900. The first-order valence-corrected chi connectivity index (χ1v) is 5.21. The first kappa shape index (κ1) is 11.9. The molecule has 0 aliphatic carbocycles. The van der Waals surface area contributed by atoms with Gasteiger partial charge in [0, 0.05) is 5.41 Å². The molecule has 0 bridgehead atoms. The van der Waals surface area contributed by atoms with E-state index in [4.69, 9.17) is 18.0 Å². The monoisotopic (exact) mass is 187 g/mol. The van der Waals surface area contributed by atoms with Gasteiger partial charge >= 0.3 is 0 Å². The van der Waals surface area contributed by atoms with E-state index in [1.165, 1.54) is 25.7 Å². The Labute approximate surface area is 81.7 Å². The number of hydrogen-bond acceptors (Lipinski definition) is 1. The molecule has 0 amide bonds. The third-order valence-electron chi connectivity index (χ3n) is 2.32. The van der Waals surface area contributed by atoms with Gasteiger partial charge < -0.3 is 5.73 Å². The molecule has 0 aliphatic rings. The highest BCUT2D eigenvalue weighted by atomic mass is 32.1. The molecule has 0 heterocycles. The van der Waals surface area contributed by atoms with Gasteiger partial charge in [0.15, 0.2) is 0 Å². The lowest BCUT2D eigenvalue weighted by molar-refractivity contribution is 0.444. The van der Waals surface area contributed by atoms with E-state index < -0.39 is 0 Å². The summed E-state index contributed by atoms with van der Waals surface area (Å²) in [7, 11) is 0. The minimum atomic E-state index is 0.0586. The van der Waals surface area contributed by atoms with Gasteiger partial charge in [-0.1, -0.05) is 58.7 Å². The Hall–Kier alpha value is -0.110. The fourth-order valence-electron chi connectivity index (χ4n) is 1.12. The summed E-state index contributed by atoms with van der Waals surface area (Å²) < 4.78 is 0. The molecule has 1 nitrogen and oxygen atoms in total. The zero-order valence-corrected chi connectivity index (χ0v) is 9.34. The summed E-state index contributed by atoms with van der Waals surface area (Å²) in [6, 6.07) is 0. The van der Waals surface area contributed by atoms with E-state index in [-0.39, 0.29) is 5.41 Å². The third kappa shape index (κ3) is 4.70. The summed E-state index contributed by atoms with van der Waals surface area (Å²) in [4.78, 5) is 0.652. The molecule has 0 unspecified atom stereocenters. The van der Waals surface area contributed by atoms with E-state index in [1.807, 2.05) is 0 Å². The van der Waals surface area contributed by atoms with Crippen molar-refractivity contribution < 1.29 is 0 Å². The van der Waals surface area contributed by atoms with Crippen LogP contribution in [0.2, 0.25) is 0 Å². The van der Waals surface area contributed by atoms with Crippen molar-refractivity contribution >= 4 is 17.2 Å². The summed E-state index contributed by atoms with van der Waals surface area (Å²) in [5.74, 6) is 0. The van der Waals surface area contributed by atoms with Crippen LogP contribution in [0.1, 0.15) is 52.9 Å². The van der Waals surface area contributed by atoms with E-state index >= 15 is 0 Å². The van der Waals surface area contributed by atoms with Crippen LogP contribution in [0.25, 0.3) is 0 Å². The largest absolute Gasteiger partial charge is 0.393 e. The summed E-state index contributed by atoms with van der Waals surface area (Å²) in [6.45, 7) is 6.47. The van der Waals surface area contributed by atoms with Gasteiger partial charge in [0.05, 0.1) is 4.99 Å². The highest BCUT2D eigenvalue weighted by Crippen LogP contribution is 2.23. The van der Waals surface area contributed by atoms with Gasteiger partial charge in [-0.3, -0.25) is 0 Å². The van der Waals surface area contributed by atoms with Gasteiger partial charge in [-0.25, -0.2) is 0 Å². The highest BCUT2D eigenvalue weighted by molar-refractivity contribution is 7.80. The highest BCUT2D eigenvalue weighted by Gasteiger charge is 2.19. The Kier molecular flexibility index (Phi) is 5.47. The average Bonchev–Trinajstić information content (AvgIpc) is 1.98. The number of thiocarbonyl (C=S) groups is 1. The first-order valence-electron chi connectivity index (χ1n) is 4.80. The molecule has 0 saturated carbocycles. The molecule has 0 radical (unpaired) electrons. The van der Waals surface area contributed by atoms with E-state index in [1.54, 1.807) is 0 Å². The second kappa shape index (κ2) is 5.52. The van der Waals surface area contributed by atoms with Gasteiger partial charge in [0.25, 0.3) is 0 Å². The van der Waals surface area contributed by atoms with Crippen LogP contribution in [0.15, 0.2) is 0 Å². The summed E-state index contributed by atoms with van der Waals surface area (Å²) in [5.41, 5.74) is 5.68.